The Morgan fingerprint density at radius 1 is 1.52 bits per heavy atom. The Kier molecular flexibility index (Phi) is 5.52. The topological polar surface area (TPSA) is 93.5 Å². The molecule has 0 spiro atoms. The van der Waals surface area contributed by atoms with E-state index in [0.717, 1.165) is 18.5 Å². The molecule has 2 rings (SSSR count). The Hall–Kier alpha value is -2.62. The van der Waals surface area contributed by atoms with Crippen LogP contribution in [0.1, 0.15) is 19.3 Å². The Morgan fingerprint density at radius 2 is 2.30 bits per heavy atom. The molecule has 1 heterocycles. The van der Waals surface area contributed by atoms with Gasteiger partial charge in [-0.25, -0.2) is 0 Å². The highest BCUT2D eigenvalue weighted by Gasteiger charge is 2.38. The number of amides is 3. The molecule has 2 aliphatic rings. The highest BCUT2D eigenvalue weighted by atomic mass is 16.2. The standard InChI is InChI=1S/C16H20N4O3/c1-19(11-21)10-15(22)20-9-12(7-14(20)8-17)16(23)18-13-5-3-2-4-6-13/h3,5-6,11-12,14H,2,4,7,9-10H2,1H3,(H,18,23). The van der Waals surface area contributed by atoms with Crippen LogP contribution in [0.4, 0.5) is 0 Å². The number of carbonyl (C=O) groups excluding carboxylic acids is 3. The van der Waals surface area contributed by atoms with Crippen LogP contribution in [0, 0.1) is 17.2 Å². The van der Waals surface area contributed by atoms with Gasteiger partial charge in [0.1, 0.15) is 6.04 Å². The molecule has 1 aliphatic heterocycles. The molecule has 0 aromatic heterocycles. The number of hydrogen-bond acceptors (Lipinski definition) is 4. The zero-order valence-electron chi connectivity index (χ0n) is 13.1. The Balaban J connectivity index is 1.97. The number of likely N-dealkylation sites (N-methyl/N-ethyl adjacent to an activating group) is 1. The molecular weight excluding hydrogens is 296 g/mol. The molecule has 1 saturated heterocycles. The maximum Gasteiger partial charge on any atom is 0.243 e. The second-order valence-electron chi connectivity index (χ2n) is 5.77. The fraction of sp³-hybridized carbons (Fsp3) is 0.500. The number of rotatable bonds is 5. The molecule has 2 atom stereocenters. The van der Waals surface area contributed by atoms with Crippen molar-refractivity contribution < 1.29 is 14.4 Å². The van der Waals surface area contributed by atoms with Crippen molar-refractivity contribution in [3.05, 3.63) is 23.9 Å². The van der Waals surface area contributed by atoms with Gasteiger partial charge >= 0.3 is 0 Å². The number of carbonyl (C=O) groups is 3. The van der Waals surface area contributed by atoms with Gasteiger partial charge in [-0.2, -0.15) is 5.26 Å². The van der Waals surface area contributed by atoms with E-state index in [2.05, 4.69) is 11.4 Å². The van der Waals surface area contributed by atoms with Crippen molar-refractivity contribution in [1.82, 2.24) is 15.1 Å². The first-order valence-electron chi connectivity index (χ1n) is 7.57. The molecule has 3 amide bonds. The molecule has 7 nitrogen and oxygen atoms in total. The van der Waals surface area contributed by atoms with E-state index >= 15 is 0 Å². The molecule has 7 heteroatoms. The quantitative estimate of drug-likeness (QED) is 0.731. The second kappa shape index (κ2) is 7.58. The van der Waals surface area contributed by atoms with Crippen molar-refractivity contribution in [2.24, 2.45) is 5.92 Å². The van der Waals surface area contributed by atoms with Crippen LogP contribution in [-0.4, -0.2) is 54.2 Å². The van der Waals surface area contributed by atoms with Crippen LogP contribution in [0.2, 0.25) is 0 Å². The van der Waals surface area contributed by atoms with Gasteiger partial charge in [0.15, 0.2) is 0 Å². The van der Waals surface area contributed by atoms with E-state index in [0.29, 0.717) is 12.8 Å². The predicted molar refractivity (Wildman–Crippen MR) is 82.5 cm³/mol. The first-order chi connectivity index (χ1) is 11.0. The largest absolute Gasteiger partial charge is 0.339 e. The maximum atomic E-state index is 12.3. The zero-order valence-corrected chi connectivity index (χ0v) is 13.1. The summed E-state index contributed by atoms with van der Waals surface area (Å²) in [4.78, 5) is 37.7. The van der Waals surface area contributed by atoms with Gasteiger partial charge < -0.3 is 15.1 Å². The minimum absolute atomic E-state index is 0.0933. The summed E-state index contributed by atoms with van der Waals surface area (Å²) in [5, 5.41) is 12.1. The van der Waals surface area contributed by atoms with Crippen LogP contribution in [0.25, 0.3) is 0 Å². The molecule has 1 N–H and O–H groups in total. The van der Waals surface area contributed by atoms with E-state index < -0.39 is 12.0 Å². The fourth-order valence-electron chi connectivity index (χ4n) is 2.72. The maximum absolute atomic E-state index is 12.3. The van der Waals surface area contributed by atoms with Crippen LogP contribution >= 0.6 is 0 Å². The second-order valence-corrected chi connectivity index (χ2v) is 5.77. The van der Waals surface area contributed by atoms with Crippen molar-refractivity contribution in [2.45, 2.75) is 25.3 Å². The highest BCUT2D eigenvalue weighted by Crippen LogP contribution is 2.24. The summed E-state index contributed by atoms with van der Waals surface area (Å²) in [5.41, 5.74) is 0.764. The summed E-state index contributed by atoms with van der Waals surface area (Å²) in [5.74, 6) is -0.915. The van der Waals surface area contributed by atoms with Crippen molar-refractivity contribution in [3.63, 3.8) is 0 Å². The number of likely N-dealkylation sites (tertiary alicyclic amines) is 1. The van der Waals surface area contributed by atoms with Crippen molar-refractivity contribution in [3.8, 4) is 6.07 Å². The van der Waals surface area contributed by atoms with Gasteiger partial charge in [0.25, 0.3) is 0 Å². The molecule has 0 bridgehead atoms. The first kappa shape index (κ1) is 16.7. The molecule has 0 aromatic rings. The molecule has 122 valence electrons. The minimum Gasteiger partial charge on any atom is -0.339 e. The van der Waals surface area contributed by atoms with E-state index in [9.17, 15) is 19.6 Å². The molecule has 1 aliphatic carbocycles. The van der Waals surface area contributed by atoms with Crippen molar-refractivity contribution >= 4 is 18.2 Å². The normalized spacial score (nSPS) is 23.0. The van der Waals surface area contributed by atoms with E-state index in [-0.39, 0.29) is 24.9 Å². The van der Waals surface area contributed by atoms with Gasteiger partial charge in [-0.3, -0.25) is 14.4 Å². The third kappa shape index (κ3) is 4.19. The van der Waals surface area contributed by atoms with Gasteiger partial charge in [-0.05, 0) is 25.3 Å². The number of hydrogen-bond donors (Lipinski definition) is 1. The smallest absolute Gasteiger partial charge is 0.243 e. The zero-order chi connectivity index (χ0) is 16.8. The lowest BCUT2D eigenvalue weighted by Crippen LogP contribution is -2.41. The molecule has 0 saturated carbocycles. The number of nitrogens with zero attached hydrogens (tertiary/aromatic N) is 3. The highest BCUT2D eigenvalue weighted by molar-refractivity contribution is 5.85. The molecule has 23 heavy (non-hydrogen) atoms. The monoisotopic (exact) mass is 316 g/mol. The van der Waals surface area contributed by atoms with E-state index in [1.807, 2.05) is 18.2 Å². The Labute approximate surface area is 135 Å². The number of nitrogens with one attached hydrogen (secondary N) is 1. The third-order valence-electron chi connectivity index (χ3n) is 3.97. The van der Waals surface area contributed by atoms with E-state index in [1.165, 1.54) is 16.8 Å². The summed E-state index contributed by atoms with van der Waals surface area (Å²) in [6.07, 6.45) is 8.54. The Bertz CT molecular complexity index is 591. The van der Waals surface area contributed by atoms with Crippen LogP contribution in [0.5, 0.6) is 0 Å². The lowest BCUT2D eigenvalue weighted by atomic mass is 10.0. The van der Waals surface area contributed by atoms with Crippen LogP contribution in [-0.2, 0) is 14.4 Å². The average molecular weight is 316 g/mol. The van der Waals surface area contributed by atoms with Crippen LogP contribution < -0.4 is 5.32 Å². The summed E-state index contributed by atoms with van der Waals surface area (Å²) in [6.45, 7) is 0.108. The van der Waals surface area contributed by atoms with Crippen molar-refractivity contribution in [2.75, 3.05) is 20.1 Å². The lowest BCUT2D eigenvalue weighted by molar-refractivity contribution is -0.135. The van der Waals surface area contributed by atoms with Crippen LogP contribution in [0.15, 0.2) is 23.9 Å². The van der Waals surface area contributed by atoms with Gasteiger partial charge in [0, 0.05) is 19.3 Å². The van der Waals surface area contributed by atoms with Crippen LogP contribution in [0.3, 0.4) is 0 Å². The minimum atomic E-state index is -0.630. The van der Waals surface area contributed by atoms with E-state index in [4.69, 9.17) is 0 Å². The van der Waals surface area contributed by atoms with Gasteiger partial charge in [0.2, 0.25) is 18.2 Å². The van der Waals surface area contributed by atoms with Gasteiger partial charge in [-0.1, -0.05) is 12.2 Å². The summed E-state index contributed by atoms with van der Waals surface area (Å²) in [7, 11) is 1.49. The molecule has 1 fully saturated rings. The van der Waals surface area contributed by atoms with Gasteiger partial charge in [0.05, 0.1) is 18.5 Å². The number of nitriles is 1. The summed E-state index contributed by atoms with van der Waals surface area (Å²) in [6, 6.07) is 1.43. The lowest BCUT2D eigenvalue weighted by Gasteiger charge is -2.21. The molecule has 0 aromatic carbocycles. The average Bonchev–Trinajstić information content (AvgIpc) is 3.00. The summed E-state index contributed by atoms with van der Waals surface area (Å²) >= 11 is 0. The predicted octanol–water partition coefficient (Wildman–Crippen LogP) is 0.165. The molecule has 2 unspecified atom stereocenters. The van der Waals surface area contributed by atoms with Crippen molar-refractivity contribution in [1.29, 1.82) is 5.26 Å². The van der Waals surface area contributed by atoms with E-state index in [1.54, 1.807) is 0 Å². The van der Waals surface area contributed by atoms with Gasteiger partial charge in [-0.15, -0.1) is 0 Å². The Morgan fingerprint density at radius 3 is 2.91 bits per heavy atom. The summed E-state index contributed by atoms with van der Waals surface area (Å²) < 4.78 is 0. The third-order valence-corrected chi connectivity index (χ3v) is 3.97. The first-order valence-corrected chi connectivity index (χ1v) is 7.57. The SMILES string of the molecule is CN(C=O)CC(=O)N1CC(C(=O)NC2=CCCC=C2)CC1C#N. The fourth-order valence-corrected chi connectivity index (χ4v) is 2.72. The molecule has 0 radical (unpaired) electrons. The molecular formula is C16H20N4O3. The number of allylic oxidation sites excluding steroid dienone is 3.